The minimum atomic E-state index is -5.08. The van der Waals surface area contributed by atoms with E-state index in [2.05, 4.69) is 15.3 Å². The number of aliphatic imine (C=N–C) groups is 1. The minimum absolute atomic E-state index is 0.122. The Morgan fingerprint density at radius 2 is 1.86 bits per heavy atom. The molecule has 2 aromatic rings. The maximum atomic E-state index is 14.5. The van der Waals surface area contributed by atoms with E-state index in [0.717, 1.165) is 5.56 Å². The molecule has 0 spiro atoms. The van der Waals surface area contributed by atoms with Gasteiger partial charge in [-0.3, -0.25) is 19.5 Å². The van der Waals surface area contributed by atoms with Crippen molar-refractivity contribution in [3.05, 3.63) is 59.7 Å². The van der Waals surface area contributed by atoms with Crippen LogP contribution in [0.25, 0.3) is 0 Å². The molecular weight excluding hydrogens is 574 g/mol. The van der Waals surface area contributed by atoms with Crippen LogP contribution in [0.2, 0.25) is 0 Å². The SMILES string of the molecule is CC1(C)CC(=O)N([C@@H](c2cccnc2)[C@@H]2C[C@H]2C(=O)NC2CC(C)(C)Oc3c(F)cccc32)C(N)=N1.O=C(O)C(F)(F)F. The van der Waals surface area contributed by atoms with Gasteiger partial charge in [-0.05, 0) is 57.7 Å². The lowest BCUT2D eigenvalue weighted by Crippen LogP contribution is -2.52. The van der Waals surface area contributed by atoms with Gasteiger partial charge >= 0.3 is 12.1 Å². The van der Waals surface area contributed by atoms with Gasteiger partial charge in [0.05, 0.1) is 24.0 Å². The summed E-state index contributed by atoms with van der Waals surface area (Å²) in [5.41, 5.74) is 6.54. The number of alkyl halides is 3. The van der Waals surface area contributed by atoms with E-state index in [1.165, 1.54) is 11.0 Å². The predicted octanol–water partition coefficient (Wildman–Crippen LogP) is 4.28. The van der Waals surface area contributed by atoms with E-state index in [-0.39, 0.29) is 47.8 Å². The maximum absolute atomic E-state index is 14.5. The van der Waals surface area contributed by atoms with Gasteiger partial charge in [0, 0.05) is 30.3 Å². The average molecular weight is 608 g/mol. The van der Waals surface area contributed by atoms with Crippen molar-refractivity contribution in [2.45, 2.75) is 76.4 Å². The quantitative estimate of drug-likeness (QED) is 0.430. The monoisotopic (exact) mass is 607 g/mol. The number of aliphatic carboxylic acids is 1. The number of carboxylic acids is 1. The molecule has 1 unspecified atom stereocenters. The largest absolute Gasteiger partial charge is 0.490 e. The van der Waals surface area contributed by atoms with Crippen LogP contribution in [-0.2, 0) is 14.4 Å². The lowest BCUT2D eigenvalue weighted by Gasteiger charge is -2.38. The first-order valence-corrected chi connectivity index (χ1v) is 13.6. The Hall–Kier alpha value is -4.23. The zero-order valence-corrected chi connectivity index (χ0v) is 24.0. The van der Waals surface area contributed by atoms with Crippen molar-refractivity contribution in [2.75, 3.05) is 0 Å². The number of benzene rings is 1. The summed E-state index contributed by atoms with van der Waals surface area (Å²) >= 11 is 0. The molecule has 4 N–H and O–H groups in total. The number of aromatic nitrogens is 1. The third-order valence-electron chi connectivity index (χ3n) is 7.41. The van der Waals surface area contributed by atoms with Crippen molar-refractivity contribution in [3.8, 4) is 5.75 Å². The number of carboxylic acid groups (broad SMARTS) is 1. The molecule has 1 aromatic heterocycles. The summed E-state index contributed by atoms with van der Waals surface area (Å²) in [6.07, 6.45) is -0.377. The van der Waals surface area contributed by atoms with Gasteiger partial charge in [0.25, 0.3) is 0 Å². The van der Waals surface area contributed by atoms with Crippen LogP contribution in [0.5, 0.6) is 5.75 Å². The van der Waals surface area contributed by atoms with Gasteiger partial charge in [-0.15, -0.1) is 0 Å². The Kier molecular flexibility index (Phi) is 8.44. The van der Waals surface area contributed by atoms with Gasteiger partial charge in [0.2, 0.25) is 11.8 Å². The van der Waals surface area contributed by atoms with Crippen LogP contribution in [0, 0.1) is 17.7 Å². The Bertz CT molecular complexity index is 1430. The Labute approximate surface area is 245 Å². The van der Waals surface area contributed by atoms with E-state index in [1.807, 2.05) is 33.8 Å². The molecule has 2 aliphatic heterocycles. The number of fused-ring (bicyclic) bond motifs is 1. The molecule has 14 heteroatoms. The lowest BCUT2D eigenvalue weighted by molar-refractivity contribution is -0.192. The minimum Gasteiger partial charge on any atom is -0.484 e. The molecule has 3 heterocycles. The molecule has 2 amide bonds. The van der Waals surface area contributed by atoms with E-state index in [9.17, 15) is 27.2 Å². The number of hydrogen-bond donors (Lipinski definition) is 3. The number of nitrogens with zero attached hydrogens (tertiary/aromatic N) is 3. The van der Waals surface area contributed by atoms with Crippen LogP contribution in [0.3, 0.4) is 0 Å². The number of nitrogens with one attached hydrogen (secondary N) is 1. The van der Waals surface area contributed by atoms with Gasteiger partial charge < -0.3 is 20.9 Å². The number of rotatable bonds is 5. The highest BCUT2D eigenvalue weighted by molar-refractivity contribution is 5.99. The molecule has 4 atom stereocenters. The molecular formula is C29H33F4N5O5. The highest BCUT2D eigenvalue weighted by atomic mass is 19.4. The van der Waals surface area contributed by atoms with Crippen LogP contribution in [0.4, 0.5) is 17.6 Å². The fraction of sp³-hybridized carbons (Fsp3) is 0.483. The highest BCUT2D eigenvalue weighted by Crippen LogP contribution is 2.51. The van der Waals surface area contributed by atoms with Crippen LogP contribution in [0.15, 0.2) is 47.7 Å². The second kappa shape index (κ2) is 11.5. The Morgan fingerprint density at radius 1 is 1.19 bits per heavy atom. The van der Waals surface area contributed by atoms with Gasteiger partial charge in [-0.1, -0.05) is 18.2 Å². The fourth-order valence-corrected chi connectivity index (χ4v) is 5.52. The van der Waals surface area contributed by atoms with E-state index < -0.39 is 35.1 Å². The molecule has 3 aliphatic rings. The van der Waals surface area contributed by atoms with Crippen molar-refractivity contribution in [1.29, 1.82) is 0 Å². The predicted molar refractivity (Wildman–Crippen MR) is 146 cm³/mol. The van der Waals surface area contributed by atoms with E-state index >= 15 is 0 Å². The van der Waals surface area contributed by atoms with Crippen molar-refractivity contribution >= 4 is 23.7 Å². The number of halogens is 4. The number of pyridine rings is 1. The topological polar surface area (TPSA) is 147 Å². The molecule has 1 aromatic carbocycles. The third kappa shape index (κ3) is 7.23. The summed E-state index contributed by atoms with van der Waals surface area (Å²) in [6, 6.07) is 7.64. The molecule has 1 fully saturated rings. The molecule has 0 saturated heterocycles. The van der Waals surface area contributed by atoms with Crippen LogP contribution >= 0.6 is 0 Å². The summed E-state index contributed by atoms with van der Waals surface area (Å²) < 4.78 is 52.1. The number of ether oxygens (including phenoxy) is 1. The smallest absolute Gasteiger partial charge is 0.484 e. The van der Waals surface area contributed by atoms with Crippen molar-refractivity contribution in [2.24, 2.45) is 22.6 Å². The van der Waals surface area contributed by atoms with Gasteiger partial charge in [0.1, 0.15) is 5.60 Å². The van der Waals surface area contributed by atoms with Crippen LogP contribution in [-0.4, -0.2) is 56.0 Å². The molecule has 5 rings (SSSR count). The van der Waals surface area contributed by atoms with Gasteiger partial charge in [0.15, 0.2) is 17.5 Å². The number of para-hydroxylation sites is 1. The zero-order chi connectivity index (χ0) is 31.9. The van der Waals surface area contributed by atoms with E-state index in [1.54, 1.807) is 30.6 Å². The number of nitrogens with two attached hydrogens (primary N) is 1. The first-order chi connectivity index (χ1) is 19.9. The molecule has 1 saturated carbocycles. The van der Waals surface area contributed by atoms with Gasteiger partial charge in [-0.2, -0.15) is 13.2 Å². The highest BCUT2D eigenvalue weighted by Gasteiger charge is 2.53. The molecule has 43 heavy (non-hydrogen) atoms. The lowest BCUT2D eigenvalue weighted by atomic mass is 9.89. The fourth-order valence-electron chi connectivity index (χ4n) is 5.52. The Balaban J connectivity index is 0.000000541. The molecule has 232 valence electrons. The number of guanidine groups is 1. The molecule has 0 radical (unpaired) electrons. The third-order valence-corrected chi connectivity index (χ3v) is 7.41. The normalized spacial score (nSPS) is 24.3. The summed E-state index contributed by atoms with van der Waals surface area (Å²) in [5, 5.41) is 10.3. The number of amides is 2. The second-order valence-corrected chi connectivity index (χ2v) is 12.0. The standard InChI is InChI=1S/C27H32FN5O3.C2HF3O2/c1-26(2)13-21(34)33(25(29)32-26)22(15-7-6-10-30-14-15)17-11-18(17)24(35)31-20-12-27(3,4)36-23-16(20)8-5-9-19(23)28;3-2(4,5)1(6)7/h5-10,14,17-18,20,22H,11-13H2,1-4H3,(H2,29,32)(H,31,35);(H,6,7)/t17-,18-,20?,22+;/m1./s1. The molecule has 10 nitrogen and oxygen atoms in total. The van der Waals surface area contributed by atoms with Gasteiger partial charge in [-0.25, -0.2) is 14.2 Å². The van der Waals surface area contributed by atoms with Crippen LogP contribution < -0.4 is 15.8 Å². The summed E-state index contributed by atoms with van der Waals surface area (Å²) in [4.78, 5) is 45.8. The van der Waals surface area contributed by atoms with Crippen LogP contribution in [0.1, 0.15) is 70.2 Å². The summed E-state index contributed by atoms with van der Waals surface area (Å²) in [6.45, 7) is 7.51. The Morgan fingerprint density at radius 3 is 2.44 bits per heavy atom. The zero-order valence-electron chi connectivity index (χ0n) is 24.0. The molecule has 1 aliphatic carbocycles. The number of hydrogen-bond acceptors (Lipinski definition) is 7. The van der Waals surface area contributed by atoms with Crippen molar-refractivity contribution < 1.29 is 41.8 Å². The van der Waals surface area contributed by atoms with Crippen molar-refractivity contribution in [3.63, 3.8) is 0 Å². The maximum Gasteiger partial charge on any atom is 0.490 e. The summed E-state index contributed by atoms with van der Waals surface area (Å²) in [5.74, 6) is -3.58. The van der Waals surface area contributed by atoms with E-state index in [4.69, 9.17) is 20.4 Å². The second-order valence-electron chi connectivity index (χ2n) is 12.0. The first kappa shape index (κ1) is 31.7. The number of carbonyl (C=O) groups is 3. The van der Waals surface area contributed by atoms with E-state index in [0.29, 0.717) is 18.4 Å². The number of carbonyl (C=O) groups excluding carboxylic acids is 2. The first-order valence-electron chi connectivity index (χ1n) is 13.6. The van der Waals surface area contributed by atoms with Crippen molar-refractivity contribution in [1.82, 2.24) is 15.2 Å². The summed E-state index contributed by atoms with van der Waals surface area (Å²) in [7, 11) is 0. The average Bonchev–Trinajstić information content (AvgIpc) is 3.67. The molecule has 0 bridgehead atoms.